The molecule has 6 aromatic carbocycles. The number of para-hydroxylation sites is 4. The molecule has 8 bridgehead atoms. The molecule has 2 aliphatic rings. The van der Waals surface area contributed by atoms with Crippen molar-refractivity contribution in [2.75, 3.05) is 16.5 Å². The monoisotopic (exact) mass is 765 g/mol. The van der Waals surface area contributed by atoms with Crippen molar-refractivity contribution < 1.29 is 4.74 Å². The average Bonchev–Trinajstić information content (AvgIpc) is 3.78. The second kappa shape index (κ2) is 13.2. The Morgan fingerprint density at radius 2 is 1.22 bits per heavy atom. The van der Waals surface area contributed by atoms with Crippen molar-refractivity contribution in [3.05, 3.63) is 175 Å². The molecule has 0 saturated carbocycles. The van der Waals surface area contributed by atoms with Crippen LogP contribution in [0.5, 0.6) is 11.5 Å². The molecule has 9 aromatic rings. The Kier molecular flexibility index (Phi) is 7.82. The lowest BCUT2D eigenvalue weighted by atomic mass is 9.85. The zero-order chi connectivity index (χ0) is 40.0. The van der Waals surface area contributed by atoms with Crippen LogP contribution in [0.1, 0.15) is 37.5 Å². The van der Waals surface area contributed by atoms with E-state index >= 15 is 0 Å². The second-order valence-electron chi connectivity index (χ2n) is 16.9. The topological polar surface area (TPSA) is 46.4 Å². The molecule has 11 rings (SSSR count). The molecule has 0 atom stereocenters. The molecule has 0 N–H and O–H groups in total. The van der Waals surface area contributed by atoms with Crippen molar-refractivity contribution in [1.29, 1.82) is 0 Å². The second-order valence-corrected chi connectivity index (χ2v) is 16.9. The van der Waals surface area contributed by atoms with Gasteiger partial charge in [-0.05, 0) is 84.5 Å². The molecule has 0 aliphatic carbocycles. The molecule has 0 radical (unpaired) electrons. The fourth-order valence-electron chi connectivity index (χ4n) is 9.17. The highest BCUT2D eigenvalue weighted by Gasteiger charge is 2.33. The zero-order valence-electron chi connectivity index (χ0n) is 33.9. The zero-order valence-corrected chi connectivity index (χ0v) is 33.9. The van der Waals surface area contributed by atoms with Gasteiger partial charge in [-0.2, -0.15) is 0 Å². The summed E-state index contributed by atoms with van der Waals surface area (Å²) in [6.07, 6.45) is 1.85. The molecule has 3 aromatic heterocycles. The molecule has 0 unspecified atom stereocenters. The number of aromatic nitrogens is 3. The lowest BCUT2D eigenvalue weighted by Gasteiger charge is -2.28. The SMILES string of the molecule is Cc1cc(C)cc(-c2cccc3c2N2CN(c4cc(ccn4)Oc4ccc5c6ccccc6n(c5c4)-c4cc(C(C)(C)C)cc(n4)-c4ccccc4-3)c3ccccc32)c1. The van der Waals surface area contributed by atoms with Gasteiger partial charge in [-0.1, -0.05) is 123 Å². The molecule has 6 nitrogen and oxygen atoms in total. The van der Waals surface area contributed by atoms with Crippen molar-refractivity contribution >= 4 is 44.7 Å². The number of hydrogen-bond donors (Lipinski definition) is 0. The van der Waals surface area contributed by atoms with Crippen LogP contribution in [-0.4, -0.2) is 21.2 Å². The van der Waals surface area contributed by atoms with Crippen molar-refractivity contribution in [1.82, 2.24) is 14.5 Å². The number of aryl methyl sites for hydroxylation is 2. The summed E-state index contributed by atoms with van der Waals surface area (Å²) in [6, 6.07) is 54.6. The maximum absolute atomic E-state index is 6.74. The molecule has 0 saturated heterocycles. The molecule has 0 amide bonds. The maximum Gasteiger partial charge on any atom is 0.138 e. The van der Waals surface area contributed by atoms with Crippen LogP contribution in [0.3, 0.4) is 0 Å². The standard InChI is InChI=1S/C53H43N5O/c1-33-25-34(2)27-35(26-33)39-16-12-17-44-40-13-6-7-14-41(40)45-28-36(53(3,4)5)29-51(55-45)58-46-18-9-8-15-42(46)43-22-21-37(30-49(43)58)59-38-23-24-54-50(31-38)56-32-57(52(39)44)48-20-11-10-19-47(48)56/h6-31H,32H2,1-5H3. The fraction of sp³-hybridized carbons (Fsp3) is 0.132. The number of fused-ring (bicyclic) bond motifs is 20. The fourth-order valence-corrected chi connectivity index (χ4v) is 9.17. The number of hydrogen-bond acceptors (Lipinski definition) is 5. The predicted octanol–water partition coefficient (Wildman–Crippen LogP) is 13.8. The normalized spacial score (nSPS) is 13.2. The number of pyridine rings is 2. The van der Waals surface area contributed by atoms with Crippen molar-refractivity contribution in [3.63, 3.8) is 0 Å². The summed E-state index contributed by atoms with van der Waals surface area (Å²) in [5.41, 5.74) is 15.6. The molecule has 5 heterocycles. The van der Waals surface area contributed by atoms with Gasteiger partial charge in [0, 0.05) is 45.8 Å². The Balaban J connectivity index is 1.27. The smallest absolute Gasteiger partial charge is 0.138 e. The minimum absolute atomic E-state index is 0.151. The van der Waals surface area contributed by atoms with Gasteiger partial charge in [0.15, 0.2) is 0 Å². The first-order chi connectivity index (χ1) is 28.7. The number of rotatable bonds is 1. The van der Waals surface area contributed by atoms with E-state index in [0.29, 0.717) is 6.67 Å². The van der Waals surface area contributed by atoms with Crippen LogP contribution in [-0.2, 0) is 5.41 Å². The largest absolute Gasteiger partial charge is 0.457 e. The van der Waals surface area contributed by atoms with E-state index in [1.165, 1.54) is 27.6 Å². The number of ether oxygens (including phenoxy) is 1. The van der Waals surface area contributed by atoms with Gasteiger partial charge in [0.2, 0.25) is 0 Å². The van der Waals surface area contributed by atoms with Gasteiger partial charge < -0.3 is 14.5 Å². The minimum atomic E-state index is -0.151. The van der Waals surface area contributed by atoms with Crippen LogP contribution in [0, 0.1) is 13.8 Å². The quantitative estimate of drug-likeness (QED) is 0.167. The van der Waals surface area contributed by atoms with Crippen LogP contribution < -0.4 is 14.5 Å². The van der Waals surface area contributed by atoms with Gasteiger partial charge in [0.25, 0.3) is 0 Å². The number of nitrogens with zero attached hydrogens (tertiary/aromatic N) is 5. The van der Waals surface area contributed by atoms with Crippen LogP contribution >= 0.6 is 0 Å². The van der Waals surface area contributed by atoms with Crippen molar-refractivity contribution in [3.8, 4) is 50.8 Å². The van der Waals surface area contributed by atoms with Gasteiger partial charge in [0.1, 0.15) is 29.8 Å². The Bertz CT molecular complexity index is 3130. The summed E-state index contributed by atoms with van der Waals surface area (Å²) in [7, 11) is 0. The van der Waals surface area contributed by atoms with E-state index in [0.717, 1.165) is 84.6 Å². The lowest BCUT2D eigenvalue weighted by molar-refractivity contribution is 0.482. The molecule has 6 heteroatoms. The Morgan fingerprint density at radius 3 is 2.03 bits per heavy atom. The van der Waals surface area contributed by atoms with Gasteiger partial charge in [-0.15, -0.1) is 0 Å². The molecule has 2 aliphatic heterocycles. The molecule has 0 spiro atoms. The first-order valence-electron chi connectivity index (χ1n) is 20.3. The van der Waals surface area contributed by atoms with Crippen molar-refractivity contribution in [2.45, 2.75) is 40.0 Å². The van der Waals surface area contributed by atoms with E-state index in [-0.39, 0.29) is 5.41 Å². The van der Waals surface area contributed by atoms with Gasteiger partial charge >= 0.3 is 0 Å². The highest BCUT2D eigenvalue weighted by molar-refractivity contribution is 6.09. The van der Waals surface area contributed by atoms with E-state index in [9.17, 15) is 0 Å². The third-order valence-corrected chi connectivity index (χ3v) is 11.9. The predicted molar refractivity (Wildman–Crippen MR) is 243 cm³/mol. The van der Waals surface area contributed by atoms with Crippen LogP contribution in [0.15, 0.2) is 158 Å². The molecule has 0 fully saturated rings. The summed E-state index contributed by atoms with van der Waals surface area (Å²) < 4.78 is 9.04. The van der Waals surface area contributed by atoms with Gasteiger partial charge in [-0.25, -0.2) is 9.97 Å². The van der Waals surface area contributed by atoms with Gasteiger partial charge in [0.05, 0.1) is 33.8 Å². The minimum Gasteiger partial charge on any atom is -0.457 e. The van der Waals surface area contributed by atoms with E-state index < -0.39 is 0 Å². The summed E-state index contributed by atoms with van der Waals surface area (Å²) in [6.45, 7) is 11.8. The summed E-state index contributed by atoms with van der Waals surface area (Å²) in [4.78, 5) is 15.3. The van der Waals surface area contributed by atoms with Crippen LogP contribution in [0.2, 0.25) is 0 Å². The van der Waals surface area contributed by atoms with E-state index in [2.05, 4.69) is 195 Å². The molecule has 59 heavy (non-hydrogen) atoms. The third kappa shape index (κ3) is 5.78. The highest BCUT2D eigenvalue weighted by Crippen LogP contribution is 2.51. The first kappa shape index (κ1) is 35.0. The molecule has 286 valence electrons. The van der Waals surface area contributed by atoms with Crippen molar-refractivity contribution in [2.24, 2.45) is 0 Å². The Morgan fingerprint density at radius 1 is 0.542 bits per heavy atom. The molecular formula is C53H43N5O. The first-order valence-corrected chi connectivity index (χ1v) is 20.3. The van der Waals surface area contributed by atoms with Crippen LogP contribution in [0.25, 0.3) is 61.1 Å². The van der Waals surface area contributed by atoms with E-state index in [1.54, 1.807) is 0 Å². The number of benzene rings is 6. The van der Waals surface area contributed by atoms with E-state index in [1.807, 2.05) is 12.3 Å². The third-order valence-electron chi connectivity index (χ3n) is 11.9. The van der Waals surface area contributed by atoms with E-state index in [4.69, 9.17) is 14.7 Å². The summed E-state index contributed by atoms with van der Waals surface area (Å²) in [5, 5.41) is 2.31. The Labute approximate surface area is 344 Å². The van der Waals surface area contributed by atoms with Crippen LogP contribution in [0.4, 0.5) is 22.9 Å². The number of anilines is 4. The Hall–Kier alpha value is -7.18. The summed E-state index contributed by atoms with van der Waals surface area (Å²) >= 11 is 0. The summed E-state index contributed by atoms with van der Waals surface area (Å²) in [5.74, 6) is 3.14. The average molecular weight is 766 g/mol. The lowest BCUT2D eigenvalue weighted by Crippen LogP contribution is -2.25. The van der Waals surface area contributed by atoms with Gasteiger partial charge in [-0.3, -0.25) is 4.57 Å². The highest BCUT2D eigenvalue weighted by atomic mass is 16.5. The molecular weight excluding hydrogens is 723 g/mol. The maximum atomic E-state index is 6.74.